The van der Waals surface area contributed by atoms with Gasteiger partial charge in [-0.1, -0.05) is 12.1 Å². The van der Waals surface area contributed by atoms with Crippen LogP contribution in [-0.4, -0.2) is 36.7 Å². The molecule has 0 bridgehead atoms. The van der Waals surface area contributed by atoms with Crippen LogP contribution in [0.1, 0.15) is 11.7 Å². The molecule has 0 fully saturated rings. The largest absolute Gasteiger partial charge is 0.389 e. The fourth-order valence-electron chi connectivity index (χ4n) is 1.23. The van der Waals surface area contributed by atoms with Crippen LogP contribution >= 0.6 is 12.6 Å². The average molecular weight is 262 g/mol. The van der Waals surface area contributed by atoms with Gasteiger partial charge < -0.3 is 10.2 Å². The molecule has 0 spiro atoms. The number of sulfone groups is 1. The molecule has 0 amide bonds. The Morgan fingerprint density at radius 1 is 1.25 bits per heavy atom. The number of aliphatic hydroxyl groups is 2. The molecule has 16 heavy (non-hydrogen) atoms. The quantitative estimate of drug-likeness (QED) is 0.687. The number of rotatable bonds is 4. The Hall–Kier alpha value is -0.560. The van der Waals surface area contributed by atoms with Crippen molar-refractivity contribution in [1.29, 1.82) is 0 Å². The molecule has 0 aromatic heterocycles. The van der Waals surface area contributed by atoms with Crippen LogP contribution in [0.15, 0.2) is 29.2 Å². The van der Waals surface area contributed by atoms with E-state index in [2.05, 4.69) is 12.6 Å². The summed E-state index contributed by atoms with van der Waals surface area (Å²) >= 11 is 3.87. The third-order valence-corrected chi connectivity index (χ3v) is 3.70. The normalized spacial score (nSPS) is 15.8. The van der Waals surface area contributed by atoms with Crippen molar-refractivity contribution < 1.29 is 18.6 Å². The zero-order chi connectivity index (χ0) is 12.3. The Morgan fingerprint density at radius 2 is 1.75 bits per heavy atom. The molecule has 0 aliphatic carbocycles. The zero-order valence-electron chi connectivity index (χ0n) is 8.74. The van der Waals surface area contributed by atoms with Crippen LogP contribution in [0.5, 0.6) is 0 Å². The van der Waals surface area contributed by atoms with E-state index in [4.69, 9.17) is 0 Å². The van der Waals surface area contributed by atoms with E-state index in [0.29, 0.717) is 5.56 Å². The number of aliphatic hydroxyl groups excluding tert-OH is 2. The van der Waals surface area contributed by atoms with Crippen LogP contribution in [0.2, 0.25) is 0 Å². The maximum absolute atomic E-state index is 11.2. The first-order chi connectivity index (χ1) is 7.36. The van der Waals surface area contributed by atoms with E-state index in [1.165, 1.54) is 24.3 Å². The lowest BCUT2D eigenvalue weighted by molar-refractivity contribution is 0.0337. The molecule has 1 rings (SSSR count). The Kier molecular flexibility index (Phi) is 4.37. The van der Waals surface area contributed by atoms with Gasteiger partial charge in [0.05, 0.1) is 11.0 Å². The van der Waals surface area contributed by atoms with E-state index in [9.17, 15) is 18.6 Å². The Morgan fingerprint density at radius 3 is 2.12 bits per heavy atom. The molecule has 0 aliphatic rings. The highest BCUT2D eigenvalue weighted by Crippen LogP contribution is 2.19. The predicted molar refractivity (Wildman–Crippen MR) is 64.4 cm³/mol. The van der Waals surface area contributed by atoms with Gasteiger partial charge in [-0.05, 0) is 17.7 Å². The lowest BCUT2D eigenvalue weighted by Gasteiger charge is -2.16. The van der Waals surface area contributed by atoms with Gasteiger partial charge in [0.15, 0.2) is 9.84 Å². The number of hydrogen-bond acceptors (Lipinski definition) is 5. The van der Waals surface area contributed by atoms with Crippen LogP contribution in [0.3, 0.4) is 0 Å². The molecule has 2 unspecified atom stereocenters. The van der Waals surface area contributed by atoms with Gasteiger partial charge in [-0.2, -0.15) is 12.6 Å². The molecular formula is C10H14O4S2. The van der Waals surface area contributed by atoms with Crippen molar-refractivity contribution in [3.63, 3.8) is 0 Å². The maximum Gasteiger partial charge on any atom is 0.175 e. The van der Waals surface area contributed by atoms with Crippen molar-refractivity contribution in [3.8, 4) is 0 Å². The zero-order valence-corrected chi connectivity index (χ0v) is 10.4. The fraction of sp³-hybridized carbons (Fsp3) is 0.400. The lowest BCUT2D eigenvalue weighted by Crippen LogP contribution is -2.19. The SMILES string of the molecule is CS(=O)(=O)c1ccc(C(O)C(O)CS)cc1. The highest BCUT2D eigenvalue weighted by Gasteiger charge is 2.17. The molecule has 4 nitrogen and oxygen atoms in total. The standard InChI is InChI=1S/C10H14O4S2/c1-16(13,14)8-4-2-7(3-5-8)10(12)9(11)6-15/h2-5,9-12,15H,6H2,1H3. The van der Waals surface area contributed by atoms with Crippen molar-refractivity contribution in [3.05, 3.63) is 29.8 Å². The van der Waals surface area contributed by atoms with Crippen molar-refractivity contribution in [2.24, 2.45) is 0 Å². The number of benzene rings is 1. The summed E-state index contributed by atoms with van der Waals surface area (Å²) in [5.41, 5.74) is 0.467. The van der Waals surface area contributed by atoms with Crippen LogP contribution in [0.4, 0.5) is 0 Å². The minimum atomic E-state index is -3.23. The second-order valence-electron chi connectivity index (χ2n) is 3.54. The van der Waals surface area contributed by atoms with E-state index in [1.54, 1.807) is 0 Å². The van der Waals surface area contributed by atoms with E-state index < -0.39 is 22.0 Å². The van der Waals surface area contributed by atoms with E-state index >= 15 is 0 Å². The molecule has 1 aromatic rings. The second kappa shape index (κ2) is 5.18. The summed E-state index contributed by atoms with van der Waals surface area (Å²) in [5.74, 6) is 0.134. The molecule has 0 radical (unpaired) electrons. The lowest BCUT2D eigenvalue weighted by atomic mass is 10.1. The number of thiol groups is 1. The van der Waals surface area contributed by atoms with Crippen molar-refractivity contribution in [2.45, 2.75) is 17.1 Å². The van der Waals surface area contributed by atoms with Gasteiger partial charge in [0.2, 0.25) is 0 Å². The van der Waals surface area contributed by atoms with Gasteiger partial charge in [0, 0.05) is 12.0 Å². The Balaban J connectivity index is 2.96. The minimum Gasteiger partial charge on any atom is -0.389 e. The monoisotopic (exact) mass is 262 g/mol. The first-order valence-corrected chi connectivity index (χ1v) is 7.15. The fourth-order valence-corrected chi connectivity index (χ4v) is 2.06. The summed E-state index contributed by atoms with van der Waals surface area (Å²) in [5, 5.41) is 19.0. The third kappa shape index (κ3) is 3.21. The van der Waals surface area contributed by atoms with Gasteiger partial charge in [0.1, 0.15) is 6.10 Å². The van der Waals surface area contributed by atoms with Gasteiger partial charge in [0.25, 0.3) is 0 Å². The molecule has 0 aliphatic heterocycles. The minimum absolute atomic E-state index is 0.134. The summed E-state index contributed by atoms with van der Waals surface area (Å²) in [6.07, 6.45) is -0.903. The smallest absolute Gasteiger partial charge is 0.175 e. The summed E-state index contributed by atoms with van der Waals surface area (Å²) < 4.78 is 22.4. The molecule has 2 atom stereocenters. The van der Waals surface area contributed by atoms with Gasteiger partial charge in [-0.15, -0.1) is 0 Å². The average Bonchev–Trinajstić information content (AvgIpc) is 2.26. The summed E-state index contributed by atoms with van der Waals surface area (Å²) in [6.45, 7) is 0. The molecule has 90 valence electrons. The molecule has 1 aromatic carbocycles. The molecule has 2 N–H and O–H groups in total. The van der Waals surface area contributed by atoms with Gasteiger partial charge in [-0.3, -0.25) is 0 Å². The topological polar surface area (TPSA) is 74.6 Å². The highest BCUT2D eigenvalue weighted by molar-refractivity contribution is 7.90. The van der Waals surface area contributed by atoms with E-state index in [1.807, 2.05) is 0 Å². The third-order valence-electron chi connectivity index (χ3n) is 2.20. The molecule has 0 saturated carbocycles. The first kappa shape index (κ1) is 13.5. The molecule has 0 saturated heterocycles. The Labute approximate surface area is 100 Å². The molecule has 0 heterocycles. The molecular weight excluding hydrogens is 248 g/mol. The van der Waals surface area contributed by atoms with Crippen LogP contribution < -0.4 is 0 Å². The van der Waals surface area contributed by atoms with Crippen LogP contribution in [0, 0.1) is 0 Å². The van der Waals surface area contributed by atoms with E-state index in [-0.39, 0.29) is 10.6 Å². The predicted octanol–water partition coefficient (Wildman–Crippen LogP) is 0.414. The van der Waals surface area contributed by atoms with Crippen molar-refractivity contribution in [2.75, 3.05) is 12.0 Å². The highest BCUT2D eigenvalue weighted by atomic mass is 32.2. The maximum atomic E-state index is 11.2. The van der Waals surface area contributed by atoms with Gasteiger partial charge >= 0.3 is 0 Å². The van der Waals surface area contributed by atoms with Crippen molar-refractivity contribution >= 4 is 22.5 Å². The van der Waals surface area contributed by atoms with Crippen LogP contribution in [0.25, 0.3) is 0 Å². The van der Waals surface area contributed by atoms with E-state index in [0.717, 1.165) is 6.26 Å². The van der Waals surface area contributed by atoms with Gasteiger partial charge in [-0.25, -0.2) is 8.42 Å². The summed E-state index contributed by atoms with van der Waals surface area (Å²) in [7, 11) is -3.23. The first-order valence-electron chi connectivity index (χ1n) is 4.63. The number of hydrogen-bond donors (Lipinski definition) is 3. The van der Waals surface area contributed by atoms with Crippen LogP contribution in [-0.2, 0) is 9.84 Å². The summed E-state index contributed by atoms with van der Waals surface area (Å²) in [6, 6.07) is 5.76. The summed E-state index contributed by atoms with van der Waals surface area (Å²) in [4.78, 5) is 0.184. The Bertz CT molecular complexity index is 438. The second-order valence-corrected chi connectivity index (χ2v) is 5.92. The van der Waals surface area contributed by atoms with Crippen molar-refractivity contribution in [1.82, 2.24) is 0 Å². The molecule has 6 heteroatoms.